The molecule has 0 aromatic carbocycles. The molecule has 0 bridgehead atoms. The van der Waals surface area contributed by atoms with Crippen LogP contribution in [-0.4, -0.2) is 0 Å². The first-order chi connectivity index (χ1) is 15.7. The molecule has 0 fully saturated rings. The molecule has 0 nitrogen and oxygen atoms in total. The minimum absolute atomic E-state index is 0.233. The second-order valence-electron chi connectivity index (χ2n) is 11.3. The van der Waals surface area contributed by atoms with Crippen LogP contribution in [0, 0.1) is 16.2 Å². The van der Waals surface area contributed by atoms with Gasteiger partial charge >= 0.3 is 0 Å². The van der Waals surface area contributed by atoms with E-state index >= 15 is 0 Å². The average Bonchev–Trinajstić information content (AvgIpc) is 2.99. The van der Waals surface area contributed by atoms with Crippen molar-refractivity contribution in [3.63, 3.8) is 0 Å². The van der Waals surface area contributed by atoms with Gasteiger partial charge < -0.3 is 0 Å². The Morgan fingerprint density at radius 1 is 1.03 bits per heavy atom. The minimum atomic E-state index is 0.233. The van der Waals surface area contributed by atoms with Crippen molar-refractivity contribution in [1.29, 1.82) is 0 Å². The van der Waals surface area contributed by atoms with Crippen molar-refractivity contribution in [3.8, 4) is 0 Å². The van der Waals surface area contributed by atoms with Crippen LogP contribution in [0.2, 0.25) is 0 Å². The maximum absolute atomic E-state index is 3.08. The Labute approximate surface area is 214 Å². The predicted molar refractivity (Wildman–Crippen MR) is 159 cm³/mol. The smallest absolute Gasteiger partial charge is 0.00602 e. The van der Waals surface area contributed by atoms with Gasteiger partial charge in [-0.05, 0) is 80.1 Å². The van der Waals surface area contributed by atoms with E-state index < -0.39 is 0 Å². The molecule has 0 heteroatoms. The summed E-state index contributed by atoms with van der Waals surface area (Å²) < 4.78 is 0. The second kappa shape index (κ2) is 16.6. The fourth-order valence-electron chi connectivity index (χ4n) is 3.30. The molecule has 0 saturated carbocycles. The summed E-state index contributed by atoms with van der Waals surface area (Å²) in [5, 5.41) is 0. The lowest BCUT2D eigenvalue weighted by Gasteiger charge is -2.41. The molecule has 192 valence electrons. The van der Waals surface area contributed by atoms with Crippen molar-refractivity contribution >= 4 is 0 Å². The van der Waals surface area contributed by atoms with Crippen LogP contribution in [0.1, 0.15) is 110 Å². The van der Waals surface area contributed by atoms with Gasteiger partial charge in [0, 0.05) is 0 Å². The minimum Gasteiger partial charge on any atom is -0.121 e. The zero-order valence-corrected chi connectivity index (χ0v) is 25.2. The maximum Gasteiger partial charge on any atom is -0.00602 e. The van der Waals surface area contributed by atoms with Crippen LogP contribution in [-0.2, 0) is 0 Å². The van der Waals surface area contributed by atoms with E-state index in [1.807, 2.05) is 45.1 Å². The molecular weight excluding hydrogens is 408 g/mol. The summed E-state index contributed by atoms with van der Waals surface area (Å²) in [6.07, 6.45) is 23.8. The normalized spacial score (nSPS) is 19.2. The zero-order chi connectivity index (χ0) is 27.0. The molecule has 0 amide bonds. The lowest BCUT2D eigenvalue weighted by molar-refractivity contribution is 0.169. The number of rotatable bonds is 2. The van der Waals surface area contributed by atoms with E-state index in [-0.39, 0.29) is 5.41 Å². The topological polar surface area (TPSA) is 0 Å². The van der Waals surface area contributed by atoms with Crippen molar-refractivity contribution in [2.75, 3.05) is 0 Å². The van der Waals surface area contributed by atoms with Crippen molar-refractivity contribution in [2.45, 2.75) is 110 Å². The molecule has 0 heterocycles. The summed E-state index contributed by atoms with van der Waals surface area (Å²) in [5.41, 5.74) is 9.57. The molecule has 0 N–H and O–H groups in total. The molecular formula is C34H56. The summed E-state index contributed by atoms with van der Waals surface area (Å²) in [6, 6.07) is 0. The van der Waals surface area contributed by atoms with Gasteiger partial charge in [-0.3, -0.25) is 0 Å². The fourth-order valence-corrected chi connectivity index (χ4v) is 3.30. The monoisotopic (exact) mass is 464 g/mol. The Hall–Kier alpha value is -2.04. The SMILES string of the molecule is C/C=C\C=C(C)C.CC.CC1=CC=C=CC=C1C(C)(C)C.CCC1=CCC(C)(C(C)(C)C)C=C1. The summed E-state index contributed by atoms with van der Waals surface area (Å²) in [7, 11) is 0. The molecule has 0 saturated heterocycles. The van der Waals surface area contributed by atoms with Gasteiger partial charge in [0.2, 0.25) is 0 Å². The van der Waals surface area contributed by atoms with Crippen LogP contribution in [0.3, 0.4) is 0 Å². The van der Waals surface area contributed by atoms with Gasteiger partial charge in [0.25, 0.3) is 0 Å². The highest BCUT2D eigenvalue weighted by Crippen LogP contribution is 2.45. The van der Waals surface area contributed by atoms with E-state index in [0.717, 1.165) is 6.42 Å². The first-order valence-electron chi connectivity index (χ1n) is 13.1. The largest absolute Gasteiger partial charge is 0.121 e. The van der Waals surface area contributed by atoms with Gasteiger partial charge in [0.15, 0.2) is 0 Å². The quantitative estimate of drug-likeness (QED) is 0.281. The van der Waals surface area contributed by atoms with Gasteiger partial charge in [0.05, 0.1) is 0 Å². The standard InChI is InChI=1S/C13H22.C12H16.C7H12.C2H6/c1-6-11-7-9-13(5,10-8-11)12(2,3)4;1-10-8-6-5-7-9-11(10)12(2,3)4;1-4-5-6-7(2)3;1-2/h7-9H,6,10H2,1-5H3;6-9H,1-4H3;4-6H,1-3H3;1-2H3/b;;5-4-;. The summed E-state index contributed by atoms with van der Waals surface area (Å²) in [5.74, 6) is 0. The summed E-state index contributed by atoms with van der Waals surface area (Å²) in [6.45, 7) is 30.6. The first kappa shape index (κ1) is 34.1. The highest BCUT2D eigenvalue weighted by molar-refractivity contribution is 5.40. The molecule has 2 aliphatic rings. The second-order valence-corrected chi connectivity index (χ2v) is 11.3. The van der Waals surface area contributed by atoms with Crippen LogP contribution in [0.25, 0.3) is 0 Å². The van der Waals surface area contributed by atoms with Crippen molar-refractivity contribution < 1.29 is 0 Å². The highest BCUT2D eigenvalue weighted by Gasteiger charge is 2.35. The third-order valence-electron chi connectivity index (χ3n) is 6.21. The molecule has 0 radical (unpaired) electrons. The molecule has 0 aliphatic heterocycles. The Morgan fingerprint density at radius 2 is 1.59 bits per heavy atom. The van der Waals surface area contributed by atoms with Gasteiger partial charge in [0.1, 0.15) is 0 Å². The lowest BCUT2D eigenvalue weighted by atomic mass is 9.64. The maximum atomic E-state index is 3.08. The summed E-state index contributed by atoms with van der Waals surface area (Å²) in [4.78, 5) is 0. The highest BCUT2D eigenvalue weighted by atomic mass is 14.4. The Balaban J connectivity index is 0. The van der Waals surface area contributed by atoms with E-state index in [2.05, 4.69) is 118 Å². The molecule has 0 aromatic rings. The number of hydrogen-bond acceptors (Lipinski definition) is 0. The average molecular weight is 465 g/mol. The Bertz CT molecular complexity index is 821. The van der Waals surface area contributed by atoms with Crippen molar-refractivity contribution in [2.24, 2.45) is 16.2 Å². The molecule has 0 aromatic heterocycles. The summed E-state index contributed by atoms with van der Waals surface area (Å²) >= 11 is 0. The number of allylic oxidation sites excluding steroid dienone is 13. The van der Waals surface area contributed by atoms with Crippen molar-refractivity contribution in [1.82, 2.24) is 0 Å². The van der Waals surface area contributed by atoms with Crippen LogP contribution in [0.4, 0.5) is 0 Å². The molecule has 1 atom stereocenters. The van der Waals surface area contributed by atoms with Crippen LogP contribution >= 0.6 is 0 Å². The third-order valence-corrected chi connectivity index (χ3v) is 6.21. The van der Waals surface area contributed by atoms with Crippen LogP contribution in [0.5, 0.6) is 0 Å². The van der Waals surface area contributed by atoms with E-state index in [9.17, 15) is 0 Å². The van der Waals surface area contributed by atoms with Crippen molar-refractivity contribution in [3.05, 3.63) is 88.8 Å². The van der Waals surface area contributed by atoms with Gasteiger partial charge in [-0.25, -0.2) is 0 Å². The van der Waals surface area contributed by atoms with E-state index in [4.69, 9.17) is 0 Å². The molecule has 2 rings (SSSR count). The first-order valence-corrected chi connectivity index (χ1v) is 13.1. The molecule has 2 aliphatic carbocycles. The Kier molecular flexibility index (Phi) is 16.6. The van der Waals surface area contributed by atoms with Gasteiger partial charge in [-0.1, -0.05) is 129 Å². The zero-order valence-electron chi connectivity index (χ0n) is 25.2. The van der Waals surface area contributed by atoms with E-state index in [1.54, 1.807) is 0 Å². The lowest BCUT2D eigenvalue weighted by Crippen LogP contribution is -2.31. The van der Waals surface area contributed by atoms with Gasteiger partial charge in [-0.2, -0.15) is 0 Å². The van der Waals surface area contributed by atoms with Crippen LogP contribution < -0.4 is 0 Å². The molecule has 34 heavy (non-hydrogen) atoms. The van der Waals surface area contributed by atoms with Gasteiger partial charge in [-0.15, -0.1) is 5.73 Å². The van der Waals surface area contributed by atoms with E-state index in [1.165, 1.54) is 28.7 Å². The van der Waals surface area contributed by atoms with Crippen LogP contribution in [0.15, 0.2) is 88.8 Å². The molecule has 0 spiro atoms. The predicted octanol–water partition coefficient (Wildman–Crippen LogP) is 11.5. The fraction of sp³-hybridized carbons (Fsp3) is 0.559. The molecule has 1 unspecified atom stereocenters. The third kappa shape index (κ3) is 13.6. The Morgan fingerprint density at radius 3 is 1.94 bits per heavy atom. The number of hydrogen-bond donors (Lipinski definition) is 0. The van der Waals surface area contributed by atoms with E-state index in [0.29, 0.717) is 10.8 Å².